The van der Waals surface area contributed by atoms with Crippen molar-refractivity contribution in [3.05, 3.63) is 96.6 Å². The Bertz CT molecular complexity index is 607. The van der Waals surface area contributed by atoms with Crippen molar-refractivity contribution in [2.45, 2.75) is 19.8 Å². The van der Waals surface area contributed by atoms with E-state index in [1.807, 2.05) is 18.2 Å². The van der Waals surface area contributed by atoms with Crippen molar-refractivity contribution in [2.75, 3.05) is 0 Å². The van der Waals surface area contributed by atoms with Crippen LogP contribution in [0.5, 0.6) is 0 Å². The molecule has 0 heterocycles. The molecule has 2 aliphatic carbocycles. The van der Waals surface area contributed by atoms with Gasteiger partial charge in [0.1, 0.15) is 0 Å². The van der Waals surface area contributed by atoms with Crippen molar-refractivity contribution < 1.29 is 51.0 Å². The van der Waals surface area contributed by atoms with E-state index in [2.05, 4.69) is 67.3 Å². The second-order valence-corrected chi connectivity index (χ2v) is 4.75. The van der Waals surface area contributed by atoms with Gasteiger partial charge in [0.25, 0.3) is 0 Å². The third kappa shape index (κ3) is 7.35. The average molecular weight is 434 g/mol. The zero-order valence-corrected chi connectivity index (χ0v) is 17.6. The van der Waals surface area contributed by atoms with E-state index in [-0.39, 0.29) is 51.0 Å². The Hall–Kier alpha value is -0.877. The molecule has 0 aromatic heterocycles. The maximum absolute atomic E-state index is 3.30. The van der Waals surface area contributed by atoms with Gasteiger partial charge < -0.3 is 30.9 Å². The molecule has 124 valence electrons. The number of halogens is 2. The minimum absolute atomic E-state index is 0. The molecule has 0 fully saturated rings. The van der Waals surface area contributed by atoms with E-state index in [0.29, 0.717) is 0 Å². The van der Waals surface area contributed by atoms with Crippen molar-refractivity contribution in [1.82, 2.24) is 0 Å². The van der Waals surface area contributed by atoms with E-state index < -0.39 is 0 Å². The van der Waals surface area contributed by atoms with Gasteiger partial charge in [-0.1, -0.05) is 35.4 Å². The zero-order chi connectivity index (χ0) is 14.9. The molecule has 2 aliphatic rings. The SMILES string of the molecule is C=[C-]C.[C-]1=CC=CC1.[Cl-].[Cl-].[Zr+2].[c-]1cccc2c1Cc1ccccc1-2. The number of benzene rings is 2. The van der Waals surface area contributed by atoms with Crippen molar-refractivity contribution >= 4 is 0 Å². The quantitative estimate of drug-likeness (QED) is 0.414. The molecule has 4 rings (SSSR count). The minimum atomic E-state index is 0. The van der Waals surface area contributed by atoms with E-state index in [4.69, 9.17) is 0 Å². The van der Waals surface area contributed by atoms with E-state index in [9.17, 15) is 0 Å². The predicted octanol–water partition coefficient (Wildman–Crippen LogP) is -0.635. The van der Waals surface area contributed by atoms with Gasteiger partial charge in [-0.05, 0) is 6.42 Å². The fraction of sp³-hybridized carbons (Fsp3) is 0.143. The van der Waals surface area contributed by atoms with Gasteiger partial charge in [-0.2, -0.15) is 42.8 Å². The van der Waals surface area contributed by atoms with Crippen LogP contribution in [0.4, 0.5) is 0 Å². The van der Waals surface area contributed by atoms with Gasteiger partial charge in [-0.3, -0.25) is 12.7 Å². The van der Waals surface area contributed by atoms with Crippen molar-refractivity contribution in [2.24, 2.45) is 0 Å². The van der Waals surface area contributed by atoms with Crippen LogP contribution in [0.2, 0.25) is 0 Å². The van der Waals surface area contributed by atoms with Crippen LogP contribution in [0.1, 0.15) is 24.5 Å². The molecule has 0 nitrogen and oxygen atoms in total. The van der Waals surface area contributed by atoms with Crippen LogP contribution >= 0.6 is 0 Å². The number of hydrogen-bond acceptors (Lipinski definition) is 0. The Morgan fingerprint density at radius 1 is 1.04 bits per heavy atom. The van der Waals surface area contributed by atoms with Crippen LogP contribution in [0, 0.1) is 18.2 Å². The first-order valence-corrected chi connectivity index (χ1v) is 7.10. The van der Waals surface area contributed by atoms with E-state index in [1.54, 1.807) is 6.92 Å². The van der Waals surface area contributed by atoms with E-state index in [1.165, 1.54) is 22.3 Å². The molecule has 0 N–H and O–H groups in total. The zero-order valence-electron chi connectivity index (χ0n) is 13.7. The summed E-state index contributed by atoms with van der Waals surface area (Å²) in [6.45, 7) is 5.00. The van der Waals surface area contributed by atoms with Crippen LogP contribution in [0.3, 0.4) is 0 Å². The second-order valence-electron chi connectivity index (χ2n) is 4.75. The van der Waals surface area contributed by atoms with Gasteiger partial charge in [-0.15, -0.1) is 12.0 Å². The van der Waals surface area contributed by atoms with Crippen LogP contribution in [0.15, 0.2) is 67.3 Å². The predicted molar refractivity (Wildman–Crippen MR) is 89.6 cm³/mol. The molecule has 0 unspecified atom stereocenters. The van der Waals surface area contributed by atoms with Gasteiger partial charge in [0, 0.05) is 0 Å². The molecule has 0 spiro atoms. The monoisotopic (exact) mass is 431 g/mol. The second kappa shape index (κ2) is 14.5. The first-order chi connectivity index (χ1) is 10.4. The fourth-order valence-corrected chi connectivity index (χ4v) is 2.34. The maximum Gasteiger partial charge on any atom is 2.00 e. The normalized spacial score (nSPS) is 10.9. The molecule has 0 amide bonds. The molecular formula is C21H19Cl2Zr-3. The van der Waals surface area contributed by atoms with Crippen molar-refractivity contribution in [3.8, 4) is 11.1 Å². The summed E-state index contributed by atoms with van der Waals surface area (Å²) in [5.74, 6) is 0. The molecule has 0 atom stereocenters. The van der Waals surface area contributed by atoms with Gasteiger partial charge >= 0.3 is 26.2 Å². The molecule has 2 aromatic carbocycles. The van der Waals surface area contributed by atoms with Gasteiger partial charge in [0.2, 0.25) is 0 Å². The summed E-state index contributed by atoms with van der Waals surface area (Å²) in [5, 5.41) is 0. The standard InChI is InChI=1S/C13H9.C5H5.C3H5.2ClH.Zr/c1-3-7-12-10(5-1)9-11-6-2-4-8-13(11)12;1-2-4-5-3-1;1-3-2;;;/h1-5,7-8H,9H2;1-3H,4H2;1H2,2H3;2*1H;/q3*-1;;;+2/p-2. The Balaban J connectivity index is 0. The van der Waals surface area contributed by atoms with Crippen molar-refractivity contribution in [3.63, 3.8) is 0 Å². The molecule has 0 saturated heterocycles. The van der Waals surface area contributed by atoms with Crippen LogP contribution in [-0.4, -0.2) is 0 Å². The summed E-state index contributed by atoms with van der Waals surface area (Å²) in [6.07, 6.45) is 13.5. The Kier molecular flexibility index (Phi) is 15.3. The van der Waals surface area contributed by atoms with Gasteiger partial charge in [-0.25, -0.2) is 12.2 Å². The average Bonchev–Trinajstić information content (AvgIpc) is 3.19. The summed E-state index contributed by atoms with van der Waals surface area (Å²) in [4.78, 5) is 0. The molecule has 2 aromatic rings. The Morgan fingerprint density at radius 2 is 1.71 bits per heavy atom. The Morgan fingerprint density at radius 3 is 2.29 bits per heavy atom. The first kappa shape index (κ1) is 25.4. The molecule has 0 saturated carbocycles. The Labute approximate surface area is 177 Å². The van der Waals surface area contributed by atoms with Crippen LogP contribution in [-0.2, 0) is 32.6 Å². The molecule has 0 radical (unpaired) electrons. The minimum Gasteiger partial charge on any atom is -1.00 e. The summed E-state index contributed by atoms with van der Waals surface area (Å²) < 4.78 is 0. The van der Waals surface area contributed by atoms with Gasteiger partial charge in [0.15, 0.2) is 0 Å². The number of rotatable bonds is 0. The van der Waals surface area contributed by atoms with Gasteiger partial charge in [0.05, 0.1) is 0 Å². The number of fused-ring (bicyclic) bond motifs is 3. The number of hydrogen-bond donors (Lipinski definition) is 0. The van der Waals surface area contributed by atoms with Crippen LogP contribution in [0.25, 0.3) is 11.1 Å². The summed E-state index contributed by atoms with van der Waals surface area (Å²) in [7, 11) is 0. The maximum atomic E-state index is 3.30. The molecular weight excluding hydrogens is 414 g/mol. The molecule has 3 heteroatoms. The summed E-state index contributed by atoms with van der Waals surface area (Å²) in [5.41, 5.74) is 5.51. The number of allylic oxidation sites excluding steroid dienone is 5. The largest absolute Gasteiger partial charge is 2.00 e. The third-order valence-electron chi connectivity index (χ3n) is 3.20. The smallest absolute Gasteiger partial charge is 1.00 e. The van der Waals surface area contributed by atoms with Crippen molar-refractivity contribution in [1.29, 1.82) is 0 Å². The fourth-order valence-electron chi connectivity index (χ4n) is 2.34. The first-order valence-electron chi connectivity index (χ1n) is 7.10. The summed E-state index contributed by atoms with van der Waals surface area (Å²) in [6, 6.07) is 18.1. The third-order valence-corrected chi connectivity index (χ3v) is 3.20. The van der Waals surface area contributed by atoms with E-state index in [0.717, 1.165) is 12.8 Å². The topological polar surface area (TPSA) is 0 Å². The molecule has 24 heavy (non-hydrogen) atoms. The molecule has 0 aliphatic heterocycles. The van der Waals surface area contributed by atoms with Crippen LogP contribution < -0.4 is 24.8 Å². The molecule has 0 bridgehead atoms. The van der Waals surface area contributed by atoms with E-state index >= 15 is 0 Å². The summed E-state index contributed by atoms with van der Waals surface area (Å²) >= 11 is 0.